The number of hydrogen-bond donors (Lipinski definition) is 3. The molecule has 0 amide bonds. The first-order valence-electron chi connectivity index (χ1n) is 4.44. The van der Waals surface area contributed by atoms with Crippen LogP contribution in [-0.4, -0.2) is 10.3 Å². The zero-order chi connectivity index (χ0) is 14.1. The molecule has 102 valence electrons. The average molecular weight is 275 g/mol. The van der Waals surface area contributed by atoms with Crippen molar-refractivity contribution in [3.8, 4) is 5.75 Å². The van der Waals surface area contributed by atoms with E-state index in [9.17, 15) is 26.3 Å². The van der Waals surface area contributed by atoms with Crippen molar-refractivity contribution in [2.75, 3.05) is 0 Å². The number of hydrogen-bond acceptors (Lipinski definition) is 3. The van der Waals surface area contributed by atoms with Gasteiger partial charge in [-0.25, -0.2) is 5.48 Å². The lowest BCUT2D eigenvalue weighted by Gasteiger charge is -2.16. The summed E-state index contributed by atoms with van der Waals surface area (Å²) in [5, 5.41) is 17.3. The first-order chi connectivity index (χ1) is 8.07. The van der Waals surface area contributed by atoms with E-state index in [0.29, 0.717) is 12.1 Å². The molecule has 0 fully saturated rings. The van der Waals surface area contributed by atoms with Crippen molar-refractivity contribution in [3.63, 3.8) is 0 Å². The lowest BCUT2D eigenvalue weighted by molar-refractivity contribution is -0.145. The van der Waals surface area contributed by atoms with Gasteiger partial charge in [0.1, 0.15) is 5.75 Å². The van der Waals surface area contributed by atoms with E-state index >= 15 is 0 Å². The van der Waals surface area contributed by atoms with Gasteiger partial charge in [0.15, 0.2) is 0 Å². The molecule has 0 aliphatic rings. The Morgan fingerprint density at radius 1 is 0.944 bits per heavy atom. The van der Waals surface area contributed by atoms with E-state index in [0.717, 1.165) is 0 Å². The van der Waals surface area contributed by atoms with Crippen molar-refractivity contribution >= 4 is 0 Å². The Morgan fingerprint density at radius 2 is 1.33 bits per heavy atom. The highest BCUT2D eigenvalue weighted by Gasteiger charge is 2.41. The van der Waals surface area contributed by atoms with E-state index < -0.39 is 41.3 Å². The van der Waals surface area contributed by atoms with Crippen LogP contribution in [0.4, 0.5) is 26.3 Å². The molecule has 0 aliphatic carbocycles. The maximum Gasteiger partial charge on any atom is 0.419 e. The van der Waals surface area contributed by atoms with Gasteiger partial charge in [-0.2, -0.15) is 26.3 Å². The summed E-state index contributed by atoms with van der Waals surface area (Å²) in [5.41, 5.74) is -2.62. The number of hydroxylamine groups is 1. The lowest BCUT2D eigenvalue weighted by Crippen LogP contribution is -2.15. The fourth-order valence-electron chi connectivity index (χ4n) is 1.32. The summed E-state index contributed by atoms with van der Waals surface area (Å²) in [6.45, 7) is -0.619. The van der Waals surface area contributed by atoms with Gasteiger partial charge in [-0.3, -0.25) is 0 Å². The third-order valence-corrected chi connectivity index (χ3v) is 2.06. The van der Waals surface area contributed by atoms with E-state index in [4.69, 9.17) is 10.3 Å². The van der Waals surface area contributed by atoms with Crippen molar-refractivity contribution in [2.45, 2.75) is 18.9 Å². The van der Waals surface area contributed by atoms with Gasteiger partial charge in [-0.15, -0.1) is 0 Å². The van der Waals surface area contributed by atoms with Crippen molar-refractivity contribution in [3.05, 3.63) is 28.8 Å². The molecule has 0 spiro atoms. The van der Waals surface area contributed by atoms with E-state index in [-0.39, 0.29) is 0 Å². The maximum absolute atomic E-state index is 12.4. The van der Waals surface area contributed by atoms with Gasteiger partial charge in [0.2, 0.25) is 0 Å². The Balaban J connectivity index is 3.48. The molecule has 1 aromatic carbocycles. The summed E-state index contributed by atoms with van der Waals surface area (Å²) in [6, 6.07) is 0.654. The zero-order valence-electron chi connectivity index (χ0n) is 8.52. The molecule has 0 heterocycles. The monoisotopic (exact) mass is 275 g/mol. The number of aromatic hydroxyl groups is 1. The molecule has 0 saturated heterocycles. The highest BCUT2D eigenvalue weighted by atomic mass is 19.4. The number of halogens is 6. The van der Waals surface area contributed by atoms with Gasteiger partial charge in [0.05, 0.1) is 11.1 Å². The maximum atomic E-state index is 12.4. The van der Waals surface area contributed by atoms with Crippen LogP contribution in [0.5, 0.6) is 5.75 Å². The highest BCUT2D eigenvalue weighted by Crippen LogP contribution is 2.44. The van der Waals surface area contributed by atoms with Gasteiger partial charge in [0.25, 0.3) is 0 Å². The summed E-state index contributed by atoms with van der Waals surface area (Å²) in [5.74, 6) is -1.88. The Hall–Kier alpha value is -1.48. The molecule has 0 atom stereocenters. The highest BCUT2D eigenvalue weighted by molar-refractivity contribution is 5.46. The minimum absolute atomic E-state index is 0.327. The van der Waals surface area contributed by atoms with E-state index in [1.54, 1.807) is 0 Å². The summed E-state index contributed by atoms with van der Waals surface area (Å²) in [4.78, 5) is 0. The van der Waals surface area contributed by atoms with Gasteiger partial charge >= 0.3 is 12.4 Å². The Labute approximate surface area is 96.6 Å². The topological polar surface area (TPSA) is 52.5 Å². The third kappa shape index (κ3) is 3.05. The van der Waals surface area contributed by atoms with Gasteiger partial charge in [-0.05, 0) is 17.7 Å². The van der Waals surface area contributed by atoms with Crippen LogP contribution in [0.1, 0.15) is 16.7 Å². The minimum Gasteiger partial charge on any atom is -0.507 e. The molecule has 0 aromatic heterocycles. The van der Waals surface area contributed by atoms with Crippen LogP contribution in [0.15, 0.2) is 12.1 Å². The first-order valence-corrected chi connectivity index (χ1v) is 4.44. The Morgan fingerprint density at radius 3 is 1.61 bits per heavy atom. The minimum atomic E-state index is -5.13. The SMILES string of the molecule is ONCc1cc(C(F)(F)F)c(O)c(C(F)(F)F)c1. The number of benzene rings is 1. The smallest absolute Gasteiger partial charge is 0.419 e. The predicted octanol–water partition coefficient (Wildman–Crippen LogP) is 2.91. The molecular formula is C9H7F6NO2. The molecule has 3 N–H and O–H groups in total. The summed E-state index contributed by atoms with van der Waals surface area (Å²) in [7, 11) is 0. The second-order valence-corrected chi connectivity index (χ2v) is 3.37. The number of nitrogens with one attached hydrogen (secondary N) is 1. The summed E-state index contributed by atoms with van der Waals surface area (Å²) < 4.78 is 74.6. The second kappa shape index (κ2) is 4.65. The van der Waals surface area contributed by atoms with Crippen LogP contribution in [0, 0.1) is 0 Å². The van der Waals surface area contributed by atoms with Crippen molar-refractivity contribution < 1.29 is 36.7 Å². The molecule has 0 saturated carbocycles. The fourth-order valence-corrected chi connectivity index (χ4v) is 1.32. The molecular weight excluding hydrogens is 268 g/mol. The second-order valence-electron chi connectivity index (χ2n) is 3.37. The summed E-state index contributed by atoms with van der Waals surface area (Å²) in [6.07, 6.45) is -10.3. The molecule has 0 aliphatic heterocycles. The van der Waals surface area contributed by atoms with Gasteiger partial charge < -0.3 is 10.3 Å². The van der Waals surface area contributed by atoms with Gasteiger partial charge in [-0.1, -0.05) is 0 Å². The van der Waals surface area contributed by atoms with Crippen molar-refractivity contribution in [1.29, 1.82) is 0 Å². The molecule has 1 aromatic rings. The van der Waals surface area contributed by atoms with E-state index in [2.05, 4.69) is 0 Å². The molecule has 9 heteroatoms. The molecule has 3 nitrogen and oxygen atoms in total. The van der Waals surface area contributed by atoms with Crippen LogP contribution in [0.3, 0.4) is 0 Å². The molecule has 0 unspecified atom stereocenters. The van der Waals surface area contributed by atoms with Crippen LogP contribution in [-0.2, 0) is 18.9 Å². The standard InChI is InChI=1S/C9H7F6NO2/c10-8(11,12)5-1-4(3-16-18)2-6(7(5)17)9(13,14)15/h1-2,16-18H,3H2. The number of rotatable bonds is 2. The van der Waals surface area contributed by atoms with E-state index in [1.165, 1.54) is 5.48 Å². The van der Waals surface area contributed by atoms with Crippen LogP contribution in [0.25, 0.3) is 0 Å². The third-order valence-electron chi connectivity index (χ3n) is 2.06. The average Bonchev–Trinajstić information content (AvgIpc) is 2.17. The van der Waals surface area contributed by atoms with Crippen molar-refractivity contribution in [1.82, 2.24) is 5.48 Å². The van der Waals surface area contributed by atoms with E-state index in [1.807, 2.05) is 0 Å². The number of phenols is 1. The summed E-state index contributed by atoms with van der Waals surface area (Å²) >= 11 is 0. The van der Waals surface area contributed by atoms with Gasteiger partial charge in [0, 0.05) is 6.54 Å². The molecule has 0 bridgehead atoms. The first kappa shape index (κ1) is 14.6. The Bertz CT molecular complexity index is 405. The van der Waals surface area contributed by atoms with Crippen LogP contribution >= 0.6 is 0 Å². The normalized spacial score (nSPS) is 12.8. The Kier molecular flexibility index (Phi) is 3.77. The largest absolute Gasteiger partial charge is 0.507 e. The van der Waals surface area contributed by atoms with Crippen LogP contribution < -0.4 is 5.48 Å². The number of alkyl halides is 6. The molecule has 1 rings (SSSR count). The predicted molar refractivity (Wildman–Crippen MR) is 46.7 cm³/mol. The lowest BCUT2D eigenvalue weighted by atomic mass is 10.0. The fraction of sp³-hybridized carbons (Fsp3) is 0.333. The molecule has 0 radical (unpaired) electrons. The van der Waals surface area contributed by atoms with Crippen LogP contribution in [0.2, 0.25) is 0 Å². The zero-order valence-corrected chi connectivity index (χ0v) is 8.52. The quantitative estimate of drug-likeness (QED) is 0.574. The molecule has 18 heavy (non-hydrogen) atoms. The number of phenolic OH excluding ortho intramolecular Hbond substituents is 1. The van der Waals surface area contributed by atoms with Crippen molar-refractivity contribution in [2.24, 2.45) is 0 Å².